The summed E-state index contributed by atoms with van der Waals surface area (Å²) in [7, 11) is 0. The molecule has 0 saturated carbocycles. The van der Waals surface area contributed by atoms with E-state index in [1.165, 1.54) is 0 Å². The fourth-order valence-corrected chi connectivity index (χ4v) is 10.2. The first-order valence-corrected chi connectivity index (χ1v) is 32.6. The van der Waals surface area contributed by atoms with Gasteiger partial charge < -0.3 is 60.5 Å². The third-order valence-electron chi connectivity index (χ3n) is 15.4. The van der Waals surface area contributed by atoms with E-state index in [-0.39, 0.29) is 52.9 Å². The average molecular weight is 1300 g/mol. The molecule has 8 rings (SSSR count). The van der Waals surface area contributed by atoms with Gasteiger partial charge in [0.15, 0.2) is 49.6 Å². The summed E-state index contributed by atoms with van der Waals surface area (Å²) in [6.45, 7) is 7.72. The highest BCUT2D eigenvalue weighted by atomic mass is 16.3. The standard InChI is InChI=1S/C36H48N8O4.C35H46N8O4/c45-27-23-43(24-28-46)35-9-5-31(6-10-35)37-39-33-13-19-41(20-14-33)17-3-1-2-4-18-42-21-15-34(16-22-42)40-38-32-7-11-36(12-8-32)44(25-29-47)26-30-48;44-26-22-42(23-27-45)34-8-4-30(5-9-34)36-38-32-12-18-40(19-13-32)16-2-1-3-17-41-20-14-33(15-21-41)39-37-31-6-10-35(11-7-31)43(24-28-46)25-29-47/h5-16,19-22,45-48H,1-4,17-18,23-30H2;4-15,18-21,44-47H,1-3,16-17,22-29H2/q2*+2. The quantitative estimate of drug-likeness (QED) is 0.0101. The van der Waals surface area contributed by atoms with Crippen LogP contribution in [0.2, 0.25) is 0 Å². The number of nitrogens with zero attached hydrogens (tertiary/aromatic N) is 16. The molecule has 0 fully saturated rings. The third kappa shape index (κ3) is 26.6. The van der Waals surface area contributed by atoms with Gasteiger partial charge in [-0.15, -0.1) is 0 Å². The lowest BCUT2D eigenvalue weighted by atomic mass is 10.2. The Morgan fingerprint density at radius 3 is 0.505 bits per heavy atom. The van der Waals surface area contributed by atoms with Crippen molar-refractivity contribution in [3.05, 3.63) is 195 Å². The van der Waals surface area contributed by atoms with Gasteiger partial charge in [0.25, 0.3) is 0 Å². The predicted molar refractivity (Wildman–Crippen MR) is 367 cm³/mol. The Kier molecular flexibility index (Phi) is 33.0. The average Bonchev–Trinajstić information content (AvgIpc) is 1.95. The summed E-state index contributed by atoms with van der Waals surface area (Å²) >= 11 is 0. The molecule has 4 heterocycles. The highest BCUT2D eigenvalue weighted by molar-refractivity contribution is 5.56. The second kappa shape index (κ2) is 42.9. The van der Waals surface area contributed by atoms with Crippen LogP contribution in [-0.4, -0.2) is 146 Å². The first-order chi connectivity index (χ1) is 46.7. The molecule has 4 aromatic carbocycles. The first-order valence-electron chi connectivity index (χ1n) is 32.6. The van der Waals surface area contributed by atoms with Gasteiger partial charge in [0, 0.05) is 149 Å². The van der Waals surface area contributed by atoms with Crippen molar-refractivity contribution >= 4 is 68.2 Å². The SMILES string of the molecule is OCCN(CCO)c1ccc(N=Nc2cc[n+](CCCCCC[n+]3ccc(N=Nc4ccc(N(CCO)CCO)cc4)cc3)cc2)cc1.OCCN(CCO)c1ccc(N=Nc2cc[n+](CCCCC[n+]3ccc(N=Nc4ccc(N(CCO)CCO)cc4)cc3)cc2)cc1. The smallest absolute Gasteiger partial charge is 0.171 e. The Morgan fingerprint density at radius 1 is 0.200 bits per heavy atom. The zero-order valence-electron chi connectivity index (χ0n) is 54.3. The molecule has 0 bridgehead atoms. The monoisotopic (exact) mass is 1300 g/mol. The van der Waals surface area contributed by atoms with E-state index < -0.39 is 0 Å². The van der Waals surface area contributed by atoms with Crippen LogP contribution >= 0.6 is 0 Å². The Hall–Kier alpha value is -9.24. The van der Waals surface area contributed by atoms with Crippen LogP contribution in [0, 0.1) is 0 Å². The molecule has 0 saturated heterocycles. The summed E-state index contributed by atoms with van der Waals surface area (Å²) in [5.41, 5.74) is 9.79. The minimum atomic E-state index is 0.0264. The molecule has 0 aliphatic carbocycles. The van der Waals surface area contributed by atoms with Gasteiger partial charge in [-0.05, 0) is 116 Å². The van der Waals surface area contributed by atoms with Crippen molar-refractivity contribution in [2.75, 3.05) is 125 Å². The van der Waals surface area contributed by atoms with Gasteiger partial charge in [-0.2, -0.15) is 40.9 Å². The van der Waals surface area contributed by atoms with Crippen LogP contribution in [0.3, 0.4) is 0 Å². The van der Waals surface area contributed by atoms with Gasteiger partial charge >= 0.3 is 0 Å². The van der Waals surface area contributed by atoms with Gasteiger partial charge in [-0.25, -0.2) is 18.3 Å². The van der Waals surface area contributed by atoms with E-state index in [0.717, 1.165) is 139 Å². The van der Waals surface area contributed by atoms with Crippen molar-refractivity contribution in [3.63, 3.8) is 0 Å². The van der Waals surface area contributed by atoms with E-state index in [1.54, 1.807) is 0 Å². The number of aromatic nitrogens is 4. The molecule has 0 amide bonds. The minimum absolute atomic E-state index is 0.0264. The zero-order chi connectivity index (χ0) is 66.9. The van der Waals surface area contributed by atoms with E-state index in [1.807, 2.05) is 215 Å². The van der Waals surface area contributed by atoms with Crippen LogP contribution in [-0.2, 0) is 26.2 Å². The van der Waals surface area contributed by atoms with Crippen molar-refractivity contribution in [1.29, 1.82) is 0 Å². The maximum Gasteiger partial charge on any atom is 0.171 e. The van der Waals surface area contributed by atoms with Crippen LogP contribution < -0.4 is 37.9 Å². The number of aryl methyl sites for hydroxylation is 4. The van der Waals surface area contributed by atoms with Crippen LogP contribution in [0.4, 0.5) is 68.2 Å². The van der Waals surface area contributed by atoms with Crippen molar-refractivity contribution in [1.82, 2.24) is 0 Å². The number of unbranched alkanes of at least 4 members (excludes halogenated alkanes) is 5. The molecule has 502 valence electrons. The summed E-state index contributed by atoms with van der Waals surface area (Å²) in [6.07, 6.45) is 24.0. The molecular weight excluding hydrogens is 1200 g/mol. The van der Waals surface area contributed by atoms with Gasteiger partial charge in [0.1, 0.15) is 26.2 Å². The van der Waals surface area contributed by atoms with E-state index in [2.05, 4.69) is 59.2 Å². The number of rotatable bonds is 41. The second-order valence-electron chi connectivity index (χ2n) is 22.3. The fourth-order valence-electron chi connectivity index (χ4n) is 10.2. The summed E-state index contributed by atoms with van der Waals surface area (Å²) in [5, 5.41) is 109. The van der Waals surface area contributed by atoms with Gasteiger partial charge in [-0.3, -0.25) is 0 Å². The lowest BCUT2D eigenvalue weighted by Crippen LogP contribution is -2.33. The first kappa shape index (κ1) is 73.2. The van der Waals surface area contributed by atoms with Crippen molar-refractivity contribution in [3.8, 4) is 0 Å². The topological polar surface area (TPSA) is 289 Å². The molecule has 0 aliphatic rings. The van der Waals surface area contributed by atoms with Gasteiger partial charge in [0.2, 0.25) is 0 Å². The highest BCUT2D eigenvalue weighted by Crippen LogP contribution is 2.26. The van der Waals surface area contributed by atoms with Crippen LogP contribution in [0.1, 0.15) is 44.9 Å². The lowest BCUT2D eigenvalue weighted by molar-refractivity contribution is -0.701. The molecule has 0 radical (unpaired) electrons. The Balaban J connectivity index is 0.000000269. The van der Waals surface area contributed by atoms with E-state index >= 15 is 0 Å². The maximum absolute atomic E-state index is 9.23. The number of azo groups is 4. The fraction of sp³-hybridized carbons (Fsp3) is 0.380. The lowest BCUT2D eigenvalue weighted by Gasteiger charge is -2.22. The number of pyridine rings is 4. The van der Waals surface area contributed by atoms with E-state index in [9.17, 15) is 40.9 Å². The number of aliphatic hydroxyl groups is 8. The molecule has 95 heavy (non-hydrogen) atoms. The number of aliphatic hydroxyl groups excluding tert-OH is 8. The summed E-state index contributed by atoms with van der Waals surface area (Å²) in [5.74, 6) is 0. The van der Waals surface area contributed by atoms with Gasteiger partial charge in [-0.1, -0.05) is 0 Å². The van der Waals surface area contributed by atoms with E-state index in [0.29, 0.717) is 52.4 Å². The van der Waals surface area contributed by atoms with Crippen LogP contribution in [0.25, 0.3) is 0 Å². The maximum atomic E-state index is 9.23. The Bertz CT molecular complexity index is 3230. The molecule has 8 N–H and O–H groups in total. The number of benzene rings is 4. The molecule has 0 atom stereocenters. The molecular formula is C71H94N16O8+4. The Labute approximate surface area is 557 Å². The number of hydrogen-bond acceptors (Lipinski definition) is 20. The molecule has 24 heteroatoms. The Morgan fingerprint density at radius 2 is 0.347 bits per heavy atom. The molecule has 8 aromatic rings. The zero-order valence-corrected chi connectivity index (χ0v) is 54.3. The summed E-state index contributed by atoms with van der Waals surface area (Å²) in [6, 6.07) is 46.0. The third-order valence-corrected chi connectivity index (χ3v) is 15.4. The van der Waals surface area contributed by atoms with Crippen LogP contribution in [0.15, 0.2) is 236 Å². The van der Waals surface area contributed by atoms with Crippen molar-refractivity contribution in [2.45, 2.75) is 71.1 Å². The summed E-state index contributed by atoms with van der Waals surface area (Å²) in [4.78, 5) is 7.68. The molecule has 24 nitrogen and oxygen atoms in total. The molecule has 0 unspecified atom stereocenters. The van der Waals surface area contributed by atoms with Gasteiger partial charge in [0.05, 0.1) is 98.4 Å². The predicted octanol–water partition coefficient (Wildman–Crippen LogP) is 9.48. The van der Waals surface area contributed by atoms with Crippen LogP contribution in [0.5, 0.6) is 0 Å². The molecule has 4 aromatic heterocycles. The highest BCUT2D eigenvalue weighted by Gasteiger charge is 2.12. The molecule has 0 aliphatic heterocycles. The normalized spacial score (nSPS) is 11.5. The number of hydrogen-bond donors (Lipinski definition) is 8. The number of anilines is 4. The largest absolute Gasteiger partial charge is 0.395 e. The van der Waals surface area contributed by atoms with Crippen molar-refractivity contribution < 1.29 is 59.1 Å². The minimum Gasteiger partial charge on any atom is -0.395 e. The summed E-state index contributed by atoms with van der Waals surface area (Å²) < 4.78 is 8.66. The van der Waals surface area contributed by atoms with Crippen molar-refractivity contribution in [2.24, 2.45) is 40.9 Å². The molecule has 0 spiro atoms. The second-order valence-corrected chi connectivity index (χ2v) is 22.3. The van der Waals surface area contributed by atoms with E-state index in [4.69, 9.17) is 0 Å².